The molecule has 3 rings (SSSR count). The van der Waals surface area contributed by atoms with Crippen molar-refractivity contribution in [3.05, 3.63) is 66.4 Å². The van der Waals surface area contributed by atoms with Gasteiger partial charge in [0.15, 0.2) is 5.82 Å². The summed E-state index contributed by atoms with van der Waals surface area (Å²) in [5.41, 5.74) is 1.63. The Balaban J connectivity index is 1.83. The molecule has 0 spiro atoms. The lowest BCUT2D eigenvalue weighted by atomic mass is 10.2. The van der Waals surface area contributed by atoms with E-state index in [0.29, 0.717) is 28.6 Å². The number of aromatic nitrogens is 1. The normalized spacial score (nSPS) is 10.1. The first kappa shape index (κ1) is 18.1. The fourth-order valence-electron chi connectivity index (χ4n) is 2.42. The Bertz CT molecular complexity index is 920. The first-order valence-corrected chi connectivity index (χ1v) is 8.14. The second kappa shape index (κ2) is 8.09. The summed E-state index contributed by atoms with van der Waals surface area (Å²) >= 11 is 0. The van der Waals surface area contributed by atoms with E-state index in [4.69, 9.17) is 9.47 Å². The molecule has 1 heterocycles. The van der Waals surface area contributed by atoms with Gasteiger partial charge in [-0.05, 0) is 48.5 Å². The second-order valence-electron chi connectivity index (χ2n) is 5.63. The van der Waals surface area contributed by atoms with Crippen molar-refractivity contribution in [2.24, 2.45) is 0 Å². The lowest BCUT2D eigenvalue weighted by Crippen LogP contribution is -2.14. The van der Waals surface area contributed by atoms with Crippen molar-refractivity contribution in [3.63, 3.8) is 0 Å². The van der Waals surface area contributed by atoms with Gasteiger partial charge >= 0.3 is 0 Å². The number of methoxy groups -OCH3 is 2. The molecular weight excluding hydrogens is 346 g/mol. The first-order valence-electron chi connectivity index (χ1n) is 8.14. The maximum absolute atomic E-state index is 12.7. The molecule has 0 saturated carbocycles. The van der Waals surface area contributed by atoms with Gasteiger partial charge in [-0.2, -0.15) is 0 Å². The Kier molecular flexibility index (Phi) is 5.41. The minimum absolute atomic E-state index is 0.169. The average Bonchev–Trinajstić information content (AvgIpc) is 2.70. The smallest absolute Gasteiger partial charge is 0.256 e. The highest BCUT2D eigenvalue weighted by molar-refractivity contribution is 6.06. The summed E-state index contributed by atoms with van der Waals surface area (Å²) in [5, 5.41) is 15.3. The molecule has 0 aliphatic carbocycles. The summed E-state index contributed by atoms with van der Waals surface area (Å²) in [6, 6.07) is 15.0. The number of phenolic OH excluding ortho intramolecular Hbond substituents is 1. The van der Waals surface area contributed by atoms with Gasteiger partial charge in [-0.25, -0.2) is 4.98 Å². The number of pyridine rings is 1. The molecule has 0 bridgehead atoms. The number of benzene rings is 2. The van der Waals surface area contributed by atoms with Crippen LogP contribution in [-0.2, 0) is 0 Å². The van der Waals surface area contributed by atoms with Crippen LogP contribution in [0.1, 0.15) is 10.4 Å². The maximum Gasteiger partial charge on any atom is 0.256 e. The van der Waals surface area contributed by atoms with Crippen molar-refractivity contribution < 1.29 is 19.4 Å². The fourth-order valence-corrected chi connectivity index (χ4v) is 2.42. The first-order chi connectivity index (χ1) is 13.1. The third kappa shape index (κ3) is 4.46. The summed E-state index contributed by atoms with van der Waals surface area (Å²) in [6.45, 7) is 0. The fraction of sp³-hybridized carbons (Fsp3) is 0.100. The summed E-state index contributed by atoms with van der Waals surface area (Å²) < 4.78 is 10.4. The van der Waals surface area contributed by atoms with Crippen molar-refractivity contribution in [1.82, 2.24) is 4.98 Å². The van der Waals surface area contributed by atoms with Crippen LogP contribution in [0.25, 0.3) is 0 Å². The lowest BCUT2D eigenvalue weighted by molar-refractivity contribution is 0.102. The standard InChI is InChI=1S/C20H19N3O4/c1-26-16-10-13(11-17(12-16)27-2)20(25)23-18-4-3-9-21-19(18)22-14-5-7-15(24)8-6-14/h3-12,24H,1-2H3,(H,21,22)(H,23,25). The third-order valence-corrected chi connectivity index (χ3v) is 3.80. The van der Waals surface area contributed by atoms with Crippen molar-refractivity contribution in [3.8, 4) is 17.2 Å². The number of aromatic hydroxyl groups is 1. The maximum atomic E-state index is 12.7. The molecule has 1 amide bonds. The van der Waals surface area contributed by atoms with Crippen LogP contribution in [0.5, 0.6) is 17.2 Å². The van der Waals surface area contributed by atoms with E-state index in [-0.39, 0.29) is 11.7 Å². The number of carbonyl (C=O) groups excluding carboxylic acids is 1. The summed E-state index contributed by atoms with van der Waals surface area (Å²) in [4.78, 5) is 17.0. The van der Waals surface area contributed by atoms with E-state index in [9.17, 15) is 9.90 Å². The quantitative estimate of drug-likeness (QED) is 0.576. The number of anilines is 3. The Morgan fingerprint density at radius 3 is 2.30 bits per heavy atom. The monoisotopic (exact) mass is 365 g/mol. The van der Waals surface area contributed by atoms with E-state index in [1.807, 2.05) is 0 Å². The highest BCUT2D eigenvalue weighted by atomic mass is 16.5. The van der Waals surface area contributed by atoms with Gasteiger partial charge in [-0.3, -0.25) is 4.79 Å². The van der Waals surface area contributed by atoms with Crippen LogP contribution in [0.4, 0.5) is 17.2 Å². The zero-order valence-corrected chi connectivity index (χ0v) is 14.9. The molecule has 2 aromatic carbocycles. The van der Waals surface area contributed by atoms with E-state index in [0.717, 1.165) is 5.69 Å². The van der Waals surface area contributed by atoms with Gasteiger partial charge in [-0.1, -0.05) is 0 Å². The predicted molar refractivity (Wildman–Crippen MR) is 103 cm³/mol. The van der Waals surface area contributed by atoms with E-state index in [2.05, 4.69) is 15.6 Å². The van der Waals surface area contributed by atoms with Crippen molar-refractivity contribution in [1.29, 1.82) is 0 Å². The Morgan fingerprint density at radius 1 is 1.00 bits per heavy atom. The summed E-state index contributed by atoms with van der Waals surface area (Å²) in [6.07, 6.45) is 1.62. The molecule has 0 radical (unpaired) electrons. The number of rotatable bonds is 6. The van der Waals surface area contributed by atoms with Crippen LogP contribution < -0.4 is 20.1 Å². The van der Waals surface area contributed by atoms with Crippen LogP contribution in [0, 0.1) is 0 Å². The Morgan fingerprint density at radius 2 is 1.67 bits per heavy atom. The van der Waals surface area contributed by atoms with Gasteiger partial charge in [0.05, 0.1) is 19.9 Å². The average molecular weight is 365 g/mol. The summed E-state index contributed by atoms with van der Waals surface area (Å²) in [7, 11) is 3.05. The van der Waals surface area contributed by atoms with Gasteiger partial charge in [0, 0.05) is 23.5 Å². The zero-order valence-electron chi connectivity index (χ0n) is 14.9. The molecule has 1 aromatic heterocycles. The predicted octanol–water partition coefficient (Wildman–Crippen LogP) is 3.80. The third-order valence-electron chi connectivity index (χ3n) is 3.80. The molecule has 27 heavy (non-hydrogen) atoms. The molecular formula is C20H19N3O4. The molecule has 138 valence electrons. The van der Waals surface area contributed by atoms with Crippen molar-refractivity contribution in [2.75, 3.05) is 24.9 Å². The van der Waals surface area contributed by atoms with Gasteiger partial charge in [0.25, 0.3) is 5.91 Å². The van der Waals surface area contributed by atoms with E-state index >= 15 is 0 Å². The number of nitrogens with one attached hydrogen (secondary N) is 2. The number of phenols is 1. The number of hydrogen-bond acceptors (Lipinski definition) is 6. The van der Waals surface area contributed by atoms with Crippen LogP contribution in [0.2, 0.25) is 0 Å². The zero-order chi connectivity index (χ0) is 19.2. The number of amides is 1. The Hall–Kier alpha value is -3.74. The van der Waals surface area contributed by atoms with E-state index in [1.54, 1.807) is 60.8 Å². The van der Waals surface area contributed by atoms with Crippen LogP contribution in [0.15, 0.2) is 60.8 Å². The van der Waals surface area contributed by atoms with Crippen LogP contribution in [0.3, 0.4) is 0 Å². The second-order valence-corrected chi connectivity index (χ2v) is 5.63. The minimum Gasteiger partial charge on any atom is -0.508 e. The van der Waals surface area contributed by atoms with Crippen LogP contribution in [-0.4, -0.2) is 30.2 Å². The number of nitrogens with zero attached hydrogens (tertiary/aromatic N) is 1. The molecule has 0 atom stereocenters. The van der Waals surface area contributed by atoms with Gasteiger partial charge in [-0.15, -0.1) is 0 Å². The number of ether oxygens (including phenoxy) is 2. The van der Waals surface area contributed by atoms with Crippen LogP contribution >= 0.6 is 0 Å². The molecule has 7 nitrogen and oxygen atoms in total. The molecule has 0 aliphatic rings. The summed E-state index contributed by atoms with van der Waals surface area (Å²) in [5.74, 6) is 1.36. The molecule has 0 aliphatic heterocycles. The van der Waals surface area contributed by atoms with Crippen molar-refractivity contribution in [2.45, 2.75) is 0 Å². The largest absolute Gasteiger partial charge is 0.508 e. The van der Waals surface area contributed by atoms with E-state index in [1.165, 1.54) is 14.2 Å². The molecule has 0 saturated heterocycles. The number of hydrogen-bond donors (Lipinski definition) is 3. The molecule has 3 N–H and O–H groups in total. The van der Waals surface area contributed by atoms with Crippen molar-refractivity contribution >= 4 is 23.1 Å². The molecule has 7 heteroatoms. The Labute approximate surface area is 156 Å². The van der Waals surface area contributed by atoms with Gasteiger partial charge < -0.3 is 25.2 Å². The lowest BCUT2D eigenvalue weighted by Gasteiger charge is -2.13. The van der Waals surface area contributed by atoms with Gasteiger partial charge in [0.2, 0.25) is 0 Å². The molecule has 0 fully saturated rings. The minimum atomic E-state index is -0.325. The highest BCUT2D eigenvalue weighted by Gasteiger charge is 2.13. The molecule has 3 aromatic rings. The topological polar surface area (TPSA) is 92.7 Å². The molecule has 0 unspecified atom stereocenters. The highest BCUT2D eigenvalue weighted by Crippen LogP contribution is 2.26. The van der Waals surface area contributed by atoms with Gasteiger partial charge in [0.1, 0.15) is 17.2 Å². The number of carbonyl (C=O) groups is 1. The SMILES string of the molecule is COc1cc(OC)cc(C(=O)Nc2cccnc2Nc2ccc(O)cc2)c1. The van der Waals surface area contributed by atoms with E-state index < -0.39 is 0 Å².